The van der Waals surface area contributed by atoms with Gasteiger partial charge >= 0.3 is 0 Å². The van der Waals surface area contributed by atoms with Crippen molar-refractivity contribution in [3.63, 3.8) is 0 Å². The number of nitrogens with zero attached hydrogens (tertiary/aromatic N) is 2. The van der Waals surface area contributed by atoms with Crippen molar-refractivity contribution in [2.24, 2.45) is 11.1 Å². The number of amides is 2. The zero-order chi connectivity index (χ0) is 16.4. The maximum atomic E-state index is 12.9. The average molecular weight is 370 g/mol. The van der Waals surface area contributed by atoms with Crippen LogP contribution < -0.4 is 5.73 Å². The molecule has 0 aliphatic carbocycles. The highest BCUT2D eigenvalue weighted by molar-refractivity contribution is 7.99. The van der Waals surface area contributed by atoms with Crippen molar-refractivity contribution < 1.29 is 9.59 Å². The zero-order valence-corrected chi connectivity index (χ0v) is 15.4. The number of nitrogens with two attached hydrogens (primary N) is 1. The van der Waals surface area contributed by atoms with Gasteiger partial charge in [-0.3, -0.25) is 9.59 Å². The van der Waals surface area contributed by atoms with E-state index in [4.69, 9.17) is 5.73 Å². The molecule has 2 aliphatic rings. The van der Waals surface area contributed by atoms with Crippen molar-refractivity contribution in [1.82, 2.24) is 9.80 Å². The number of benzene rings is 1. The van der Waals surface area contributed by atoms with E-state index >= 15 is 0 Å². The van der Waals surface area contributed by atoms with E-state index in [9.17, 15) is 9.59 Å². The van der Waals surface area contributed by atoms with Gasteiger partial charge in [-0.2, -0.15) is 0 Å². The normalized spacial score (nSPS) is 26.3. The summed E-state index contributed by atoms with van der Waals surface area (Å²) in [5.41, 5.74) is 6.48. The van der Waals surface area contributed by atoms with Crippen LogP contribution in [-0.4, -0.2) is 58.9 Å². The van der Waals surface area contributed by atoms with Crippen molar-refractivity contribution in [1.29, 1.82) is 0 Å². The predicted molar refractivity (Wildman–Crippen MR) is 99.3 cm³/mol. The SMILES string of the molecule is CC1(CN)CCN(C(=O)C2CSCN2C(=O)c2ccccc2)C1.Cl. The van der Waals surface area contributed by atoms with Crippen LogP contribution in [0.1, 0.15) is 23.7 Å². The van der Waals surface area contributed by atoms with E-state index in [0.717, 1.165) is 13.0 Å². The molecule has 2 aliphatic heterocycles. The Balaban J connectivity index is 0.00000208. The predicted octanol–water partition coefficient (Wildman–Crippen LogP) is 1.82. The lowest BCUT2D eigenvalue weighted by atomic mass is 9.90. The van der Waals surface area contributed by atoms with Crippen LogP contribution in [0.2, 0.25) is 0 Å². The van der Waals surface area contributed by atoms with Gasteiger partial charge in [-0.1, -0.05) is 25.1 Å². The topological polar surface area (TPSA) is 66.6 Å². The van der Waals surface area contributed by atoms with E-state index in [-0.39, 0.29) is 35.7 Å². The molecule has 0 aromatic heterocycles. The second-order valence-electron chi connectivity index (χ2n) is 6.68. The van der Waals surface area contributed by atoms with Gasteiger partial charge in [0.1, 0.15) is 6.04 Å². The molecule has 2 saturated heterocycles. The summed E-state index contributed by atoms with van der Waals surface area (Å²) < 4.78 is 0. The van der Waals surface area contributed by atoms with Gasteiger partial charge in [0.2, 0.25) is 5.91 Å². The number of rotatable bonds is 3. The fourth-order valence-corrected chi connectivity index (χ4v) is 4.33. The first kappa shape index (κ1) is 19.1. The summed E-state index contributed by atoms with van der Waals surface area (Å²) >= 11 is 1.64. The molecule has 2 fully saturated rings. The third-order valence-corrected chi connectivity index (χ3v) is 5.82. The number of carbonyl (C=O) groups excluding carboxylic acids is 2. The molecule has 2 N–H and O–H groups in total. The van der Waals surface area contributed by atoms with Crippen LogP contribution in [-0.2, 0) is 4.79 Å². The standard InChI is InChI=1S/C17H23N3O2S.ClH/c1-17(10-18)7-8-19(11-17)16(22)14-9-23-12-20(14)15(21)13-5-3-2-4-6-13;/h2-6,14H,7-12,18H2,1H3;1H. The molecule has 0 saturated carbocycles. The maximum Gasteiger partial charge on any atom is 0.255 e. The molecule has 132 valence electrons. The fourth-order valence-electron chi connectivity index (χ4n) is 3.18. The van der Waals surface area contributed by atoms with Crippen molar-refractivity contribution in [2.75, 3.05) is 31.3 Å². The van der Waals surface area contributed by atoms with Crippen molar-refractivity contribution in [3.05, 3.63) is 35.9 Å². The maximum absolute atomic E-state index is 12.9. The molecule has 2 heterocycles. The average Bonchev–Trinajstić information content (AvgIpc) is 3.22. The van der Waals surface area contributed by atoms with E-state index < -0.39 is 0 Å². The molecular weight excluding hydrogens is 346 g/mol. The number of halogens is 1. The molecule has 2 atom stereocenters. The van der Waals surface area contributed by atoms with Gasteiger partial charge in [0.15, 0.2) is 0 Å². The third kappa shape index (κ3) is 3.71. The fraction of sp³-hybridized carbons (Fsp3) is 0.529. The number of likely N-dealkylation sites (tertiary alicyclic amines) is 1. The van der Waals surface area contributed by atoms with Crippen LogP contribution >= 0.6 is 24.2 Å². The van der Waals surface area contributed by atoms with Crippen LogP contribution in [0.5, 0.6) is 0 Å². The lowest BCUT2D eigenvalue weighted by Gasteiger charge is -2.28. The van der Waals surface area contributed by atoms with Gasteiger partial charge in [0, 0.05) is 24.4 Å². The Morgan fingerprint density at radius 2 is 2.04 bits per heavy atom. The smallest absolute Gasteiger partial charge is 0.255 e. The monoisotopic (exact) mass is 369 g/mol. The van der Waals surface area contributed by atoms with Crippen LogP contribution in [0.4, 0.5) is 0 Å². The molecule has 0 spiro atoms. The minimum Gasteiger partial charge on any atom is -0.340 e. The molecule has 24 heavy (non-hydrogen) atoms. The first-order valence-electron chi connectivity index (χ1n) is 7.97. The Labute approximate surface area is 153 Å². The molecule has 0 bridgehead atoms. The summed E-state index contributed by atoms with van der Waals surface area (Å²) in [5.74, 6) is 1.26. The van der Waals surface area contributed by atoms with Crippen molar-refractivity contribution in [2.45, 2.75) is 19.4 Å². The third-order valence-electron chi connectivity index (χ3n) is 4.81. The summed E-state index contributed by atoms with van der Waals surface area (Å²) in [6, 6.07) is 8.83. The Hall–Kier alpha value is -1.24. The second kappa shape index (κ2) is 7.76. The van der Waals surface area contributed by atoms with Gasteiger partial charge in [-0.15, -0.1) is 24.2 Å². The molecule has 2 amide bonds. The van der Waals surface area contributed by atoms with E-state index in [1.54, 1.807) is 28.8 Å². The van der Waals surface area contributed by atoms with Gasteiger partial charge in [0.25, 0.3) is 5.91 Å². The molecule has 7 heteroatoms. The lowest BCUT2D eigenvalue weighted by Crippen LogP contribution is -2.49. The molecule has 5 nitrogen and oxygen atoms in total. The zero-order valence-electron chi connectivity index (χ0n) is 13.8. The second-order valence-corrected chi connectivity index (χ2v) is 7.68. The van der Waals surface area contributed by atoms with Crippen molar-refractivity contribution in [3.8, 4) is 0 Å². The van der Waals surface area contributed by atoms with Crippen molar-refractivity contribution >= 4 is 36.0 Å². The molecule has 0 radical (unpaired) electrons. The molecule has 1 aromatic rings. The largest absolute Gasteiger partial charge is 0.340 e. The molecule has 1 aromatic carbocycles. The van der Waals surface area contributed by atoms with Gasteiger partial charge in [-0.05, 0) is 30.5 Å². The summed E-state index contributed by atoms with van der Waals surface area (Å²) in [6.45, 7) is 4.14. The number of hydrogen-bond acceptors (Lipinski definition) is 4. The van der Waals surface area contributed by atoms with Crippen LogP contribution in [0, 0.1) is 5.41 Å². The Morgan fingerprint density at radius 1 is 1.33 bits per heavy atom. The number of carbonyl (C=O) groups is 2. The molecular formula is C17H24ClN3O2S. The Morgan fingerprint density at radius 3 is 2.67 bits per heavy atom. The van der Waals surface area contributed by atoms with Crippen LogP contribution in [0.15, 0.2) is 30.3 Å². The highest BCUT2D eigenvalue weighted by Crippen LogP contribution is 2.31. The Bertz CT molecular complexity index is 601. The summed E-state index contributed by atoms with van der Waals surface area (Å²) in [7, 11) is 0. The first-order valence-corrected chi connectivity index (χ1v) is 9.12. The van der Waals surface area contributed by atoms with Gasteiger partial charge < -0.3 is 15.5 Å². The van der Waals surface area contributed by atoms with E-state index in [1.807, 2.05) is 23.1 Å². The van der Waals surface area contributed by atoms with Crippen LogP contribution in [0.3, 0.4) is 0 Å². The molecule has 3 rings (SSSR count). The van der Waals surface area contributed by atoms with Crippen LogP contribution in [0.25, 0.3) is 0 Å². The minimum absolute atomic E-state index is 0. The summed E-state index contributed by atoms with van der Waals surface area (Å²) in [4.78, 5) is 29.1. The Kier molecular flexibility index (Phi) is 6.17. The highest BCUT2D eigenvalue weighted by atomic mass is 35.5. The number of thioether (sulfide) groups is 1. The summed E-state index contributed by atoms with van der Waals surface area (Å²) in [5, 5.41) is 0. The van der Waals surface area contributed by atoms with E-state index in [0.29, 0.717) is 30.3 Å². The lowest BCUT2D eigenvalue weighted by molar-refractivity contribution is -0.134. The van der Waals surface area contributed by atoms with E-state index in [2.05, 4.69) is 6.92 Å². The highest BCUT2D eigenvalue weighted by Gasteiger charge is 2.42. The number of hydrogen-bond donors (Lipinski definition) is 1. The van der Waals surface area contributed by atoms with Gasteiger partial charge in [-0.25, -0.2) is 0 Å². The summed E-state index contributed by atoms with van der Waals surface area (Å²) in [6.07, 6.45) is 0.932. The first-order chi connectivity index (χ1) is 11.0. The minimum atomic E-state index is -0.354. The van der Waals surface area contributed by atoms with Gasteiger partial charge in [0.05, 0.1) is 5.88 Å². The quantitative estimate of drug-likeness (QED) is 0.882. The van der Waals surface area contributed by atoms with E-state index in [1.165, 1.54) is 0 Å². The molecule has 2 unspecified atom stereocenters.